The van der Waals surface area contributed by atoms with Crippen LogP contribution in [0.2, 0.25) is 0 Å². The van der Waals surface area contributed by atoms with Gasteiger partial charge in [0.1, 0.15) is 22.4 Å². The molecule has 1 atom stereocenters. The highest BCUT2D eigenvalue weighted by Gasteiger charge is 2.47. The number of sulfonamides is 1. The number of aryl methyl sites for hydroxylation is 1. The van der Waals surface area contributed by atoms with Crippen molar-refractivity contribution in [2.45, 2.75) is 19.4 Å². The molecule has 0 saturated carbocycles. The van der Waals surface area contributed by atoms with Gasteiger partial charge in [0, 0.05) is 5.56 Å². The highest BCUT2D eigenvalue weighted by molar-refractivity contribution is 7.96. The van der Waals surface area contributed by atoms with Gasteiger partial charge in [-0.1, -0.05) is 54.1 Å². The maximum Gasteiger partial charge on any atom is 0.265 e. The Labute approximate surface area is 197 Å². The van der Waals surface area contributed by atoms with E-state index in [1.54, 1.807) is 42.5 Å². The number of halogens is 1. The van der Waals surface area contributed by atoms with Gasteiger partial charge in [-0.3, -0.25) is 4.31 Å². The average Bonchev–Trinajstić information content (AvgIpc) is 2.82. The molecule has 0 radical (unpaired) electrons. The Balaban J connectivity index is 1.76. The van der Waals surface area contributed by atoms with Crippen LogP contribution >= 0.6 is 0 Å². The lowest BCUT2D eigenvalue weighted by atomic mass is 9.87. The molecule has 5 rings (SSSR count). The Hall–Kier alpha value is -4.09. The predicted octanol–water partition coefficient (Wildman–Crippen LogP) is 4.66. The second-order valence-corrected chi connectivity index (χ2v) is 10.0. The number of nitrogens with zero attached hydrogens (tertiary/aromatic N) is 2. The lowest BCUT2D eigenvalue weighted by molar-refractivity contribution is 0.357. The first-order valence-electron chi connectivity index (χ1n) is 10.6. The van der Waals surface area contributed by atoms with Crippen molar-refractivity contribution in [3.8, 4) is 6.07 Å². The first kappa shape index (κ1) is 21.7. The molecule has 0 spiro atoms. The number of anilines is 1. The maximum atomic E-state index is 14.2. The SMILES string of the molecule is Cc1cccc(C2C(C#N)=C(N)OC3=C2S(=O)(=O)N(Cc2ccc(F)cc2)c2ccccc23)c1. The number of fused-ring (bicyclic) bond motifs is 2. The Kier molecular flexibility index (Phi) is 5.14. The summed E-state index contributed by atoms with van der Waals surface area (Å²) in [5.41, 5.74) is 9.29. The molecular weight excluding hydrogens is 453 g/mol. The molecule has 3 aromatic rings. The van der Waals surface area contributed by atoms with Gasteiger partial charge in [-0.15, -0.1) is 0 Å². The van der Waals surface area contributed by atoms with E-state index in [4.69, 9.17) is 10.5 Å². The van der Waals surface area contributed by atoms with Crippen molar-refractivity contribution in [3.05, 3.63) is 117 Å². The first-order valence-corrected chi connectivity index (χ1v) is 12.0. The van der Waals surface area contributed by atoms with Crippen LogP contribution in [0.4, 0.5) is 10.1 Å². The molecule has 2 aliphatic rings. The molecule has 2 heterocycles. The minimum absolute atomic E-state index is 0.0158. The fraction of sp³-hybridized carbons (Fsp3) is 0.115. The van der Waals surface area contributed by atoms with Crippen molar-refractivity contribution in [2.75, 3.05) is 4.31 Å². The Morgan fingerprint density at radius 3 is 2.53 bits per heavy atom. The van der Waals surface area contributed by atoms with Crippen molar-refractivity contribution in [1.29, 1.82) is 5.26 Å². The van der Waals surface area contributed by atoms with Gasteiger partial charge < -0.3 is 10.5 Å². The van der Waals surface area contributed by atoms with Gasteiger partial charge in [0.25, 0.3) is 10.0 Å². The van der Waals surface area contributed by atoms with E-state index < -0.39 is 21.8 Å². The summed E-state index contributed by atoms with van der Waals surface area (Å²) in [5, 5.41) is 9.91. The number of allylic oxidation sites excluding steroid dienone is 2. The van der Waals surface area contributed by atoms with E-state index in [0.29, 0.717) is 22.4 Å². The molecule has 2 aliphatic heterocycles. The van der Waals surface area contributed by atoms with Crippen LogP contribution in [0.1, 0.15) is 28.2 Å². The third-order valence-electron chi connectivity index (χ3n) is 5.97. The van der Waals surface area contributed by atoms with Crippen molar-refractivity contribution in [1.82, 2.24) is 0 Å². The zero-order valence-corrected chi connectivity index (χ0v) is 19.0. The van der Waals surface area contributed by atoms with E-state index in [-0.39, 0.29) is 28.7 Å². The fourth-order valence-corrected chi connectivity index (χ4v) is 6.33. The molecule has 0 amide bonds. The normalized spacial score (nSPS) is 18.6. The Bertz CT molecular complexity index is 1520. The quantitative estimate of drug-likeness (QED) is 0.597. The van der Waals surface area contributed by atoms with E-state index in [9.17, 15) is 18.1 Å². The minimum atomic E-state index is -4.17. The van der Waals surface area contributed by atoms with Crippen LogP contribution in [0.5, 0.6) is 0 Å². The number of nitrogens with two attached hydrogens (primary N) is 1. The zero-order valence-electron chi connectivity index (χ0n) is 18.2. The molecule has 6 nitrogen and oxygen atoms in total. The molecule has 0 saturated heterocycles. The van der Waals surface area contributed by atoms with Crippen LogP contribution in [-0.4, -0.2) is 8.42 Å². The second kappa shape index (κ2) is 8.04. The van der Waals surface area contributed by atoms with Crippen LogP contribution in [0.15, 0.2) is 89.2 Å². The van der Waals surface area contributed by atoms with Gasteiger partial charge >= 0.3 is 0 Å². The summed E-state index contributed by atoms with van der Waals surface area (Å²) >= 11 is 0. The summed E-state index contributed by atoms with van der Waals surface area (Å²) in [6, 6.07) is 22.0. The smallest absolute Gasteiger partial charge is 0.265 e. The Morgan fingerprint density at radius 1 is 1.09 bits per heavy atom. The largest absolute Gasteiger partial charge is 0.439 e. The average molecular weight is 474 g/mol. The third kappa shape index (κ3) is 3.42. The number of ether oxygens (including phenoxy) is 1. The van der Waals surface area contributed by atoms with E-state index in [2.05, 4.69) is 6.07 Å². The molecule has 3 aromatic carbocycles. The standard InChI is InChI=1S/C26H20FN3O3S/c1-16-5-4-6-18(13-16)23-21(14-28)26(29)33-24-20-7-2-3-8-22(20)30(34(31,32)25(23)24)15-17-9-11-19(27)12-10-17/h2-13,23H,15,29H2,1H3. The van der Waals surface area contributed by atoms with Crippen LogP contribution < -0.4 is 10.0 Å². The molecule has 0 bridgehead atoms. The monoisotopic (exact) mass is 473 g/mol. The number of hydrogen-bond donors (Lipinski definition) is 1. The summed E-state index contributed by atoms with van der Waals surface area (Å²) in [6.07, 6.45) is 0. The highest BCUT2D eigenvalue weighted by atomic mass is 32.2. The van der Waals surface area contributed by atoms with Gasteiger partial charge in [0.05, 0.1) is 18.2 Å². The summed E-state index contributed by atoms with van der Waals surface area (Å²) < 4.78 is 48.9. The number of para-hydroxylation sites is 1. The van der Waals surface area contributed by atoms with Crippen LogP contribution in [0.3, 0.4) is 0 Å². The topological polar surface area (TPSA) is 96.4 Å². The fourth-order valence-electron chi connectivity index (χ4n) is 4.42. The highest BCUT2D eigenvalue weighted by Crippen LogP contribution is 2.51. The minimum Gasteiger partial charge on any atom is -0.439 e. The number of hydrogen-bond acceptors (Lipinski definition) is 5. The van der Waals surface area contributed by atoms with E-state index in [0.717, 1.165) is 5.56 Å². The molecule has 0 aromatic heterocycles. The molecule has 34 heavy (non-hydrogen) atoms. The molecule has 8 heteroatoms. The molecular formula is C26H20FN3O3S. The number of benzene rings is 3. The van der Waals surface area contributed by atoms with E-state index in [1.165, 1.54) is 16.4 Å². The second-order valence-electron chi connectivity index (χ2n) is 8.19. The van der Waals surface area contributed by atoms with Gasteiger partial charge in [-0.05, 0) is 42.3 Å². The van der Waals surface area contributed by atoms with Gasteiger partial charge in [-0.2, -0.15) is 5.26 Å². The molecule has 2 N–H and O–H groups in total. The molecule has 1 unspecified atom stereocenters. The maximum absolute atomic E-state index is 14.2. The lowest BCUT2D eigenvalue weighted by Crippen LogP contribution is -2.39. The van der Waals surface area contributed by atoms with Gasteiger partial charge in [0.15, 0.2) is 5.76 Å². The number of nitriles is 1. The van der Waals surface area contributed by atoms with Gasteiger partial charge in [0.2, 0.25) is 5.88 Å². The molecule has 170 valence electrons. The third-order valence-corrected chi connectivity index (χ3v) is 7.86. The zero-order chi connectivity index (χ0) is 24.0. The van der Waals surface area contributed by atoms with Crippen LogP contribution in [0, 0.1) is 24.1 Å². The lowest BCUT2D eigenvalue weighted by Gasteiger charge is -2.38. The molecule has 0 fully saturated rings. The van der Waals surface area contributed by atoms with Crippen LogP contribution in [0.25, 0.3) is 5.76 Å². The summed E-state index contributed by atoms with van der Waals surface area (Å²) in [7, 11) is -4.17. The molecule has 0 aliphatic carbocycles. The van der Waals surface area contributed by atoms with E-state index >= 15 is 0 Å². The predicted molar refractivity (Wildman–Crippen MR) is 127 cm³/mol. The first-order chi connectivity index (χ1) is 16.3. The Morgan fingerprint density at radius 2 is 1.82 bits per heavy atom. The van der Waals surface area contributed by atoms with Crippen molar-refractivity contribution >= 4 is 21.5 Å². The van der Waals surface area contributed by atoms with Crippen molar-refractivity contribution in [3.63, 3.8) is 0 Å². The summed E-state index contributed by atoms with van der Waals surface area (Å²) in [6.45, 7) is 1.88. The van der Waals surface area contributed by atoms with Crippen LogP contribution in [-0.2, 0) is 21.3 Å². The number of rotatable bonds is 3. The van der Waals surface area contributed by atoms with E-state index in [1.807, 2.05) is 25.1 Å². The summed E-state index contributed by atoms with van der Waals surface area (Å²) in [5.74, 6) is -1.34. The summed E-state index contributed by atoms with van der Waals surface area (Å²) in [4.78, 5) is -0.0374. The van der Waals surface area contributed by atoms with Gasteiger partial charge in [-0.25, -0.2) is 12.8 Å². The van der Waals surface area contributed by atoms with Crippen molar-refractivity contribution in [2.24, 2.45) is 5.73 Å². The van der Waals surface area contributed by atoms with Crippen molar-refractivity contribution < 1.29 is 17.5 Å².